The Bertz CT molecular complexity index is 3510. The largest absolute Gasteiger partial charge is 0.309 e. The van der Waals surface area contributed by atoms with Crippen molar-refractivity contribution in [1.82, 2.24) is 13.7 Å². The smallest absolute Gasteiger partial charge is 0.0542 e. The molecular weight excluding hydrogens is 691 g/mol. The van der Waals surface area contributed by atoms with Crippen LogP contribution in [0.4, 0.5) is 0 Å². The van der Waals surface area contributed by atoms with Crippen LogP contribution in [0.3, 0.4) is 0 Å². The highest BCUT2D eigenvalue weighted by Gasteiger charge is 2.18. The zero-order chi connectivity index (χ0) is 37.5. The lowest BCUT2D eigenvalue weighted by Gasteiger charge is -2.11. The fourth-order valence-corrected chi connectivity index (χ4v) is 9.27. The summed E-state index contributed by atoms with van der Waals surface area (Å²) >= 11 is 0. The number of rotatable bonds is 5. The van der Waals surface area contributed by atoms with E-state index in [1.165, 1.54) is 93.4 Å². The predicted octanol–water partition coefficient (Wildman–Crippen LogP) is 14.3. The quantitative estimate of drug-likeness (QED) is 0.168. The molecule has 12 aromatic rings. The molecule has 57 heavy (non-hydrogen) atoms. The number of para-hydroxylation sites is 4. The van der Waals surface area contributed by atoms with E-state index in [0.29, 0.717) is 0 Å². The van der Waals surface area contributed by atoms with E-state index in [1.807, 2.05) is 0 Å². The first-order valence-corrected chi connectivity index (χ1v) is 19.6. The van der Waals surface area contributed by atoms with E-state index >= 15 is 0 Å². The van der Waals surface area contributed by atoms with E-state index in [4.69, 9.17) is 0 Å². The van der Waals surface area contributed by atoms with Crippen molar-refractivity contribution in [2.24, 2.45) is 0 Å². The van der Waals surface area contributed by atoms with Gasteiger partial charge in [-0.25, -0.2) is 0 Å². The molecule has 0 aliphatic heterocycles. The van der Waals surface area contributed by atoms with Crippen LogP contribution in [0.2, 0.25) is 0 Å². The second kappa shape index (κ2) is 12.5. The molecule has 0 amide bonds. The van der Waals surface area contributed by atoms with Crippen molar-refractivity contribution in [1.29, 1.82) is 0 Å². The van der Waals surface area contributed by atoms with Crippen molar-refractivity contribution in [2.45, 2.75) is 0 Å². The van der Waals surface area contributed by atoms with Crippen LogP contribution in [0.15, 0.2) is 212 Å². The Morgan fingerprint density at radius 3 is 1.12 bits per heavy atom. The maximum absolute atomic E-state index is 2.43. The summed E-state index contributed by atoms with van der Waals surface area (Å²) < 4.78 is 7.22. The average Bonchev–Trinajstić information content (AvgIpc) is 3.92. The third-order valence-corrected chi connectivity index (χ3v) is 11.8. The Labute approximate surface area is 329 Å². The predicted molar refractivity (Wildman–Crippen MR) is 240 cm³/mol. The zero-order valence-corrected chi connectivity index (χ0v) is 31.0. The third-order valence-electron chi connectivity index (χ3n) is 11.8. The summed E-state index contributed by atoms with van der Waals surface area (Å²) in [5, 5.41) is 7.49. The van der Waals surface area contributed by atoms with Gasteiger partial charge in [0.05, 0.1) is 33.1 Å². The van der Waals surface area contributed by atoms with Crippen LogP contribution >= 0.6 is 0 Å². The Balaban J connectivity index is 1.01. The number of fused-ring (bicyclic) bond motifs is 9. The summed E-state index contributed by atoms with van der Waals surface area (Å²) in [5.74, 6) is 0. The lowest BCUT2D eigenvalue weighted by Crippen LogP contribution is -1.95. The molecule has 3 heteroatoms. The van der Waals surface area contributed by atoms with E-state index in [1.54, 1.807) is 0 Å². The van der Waals surface area contributed by atoms with Crippen LogP contribution in [0.25, 0.3) is 105 Å². The van der Waals surface area contributed by atoms with Crippen LogP contribution in [-0.4, -0.2) is 13.7 Å². The van der Waals surface area contributed by atoms with Crippen molar-refractivity contribution in [3.05, 3.63) is 212 Å². The van der Waals surface area contributed by atoms with Gasteiger partial charge in [0.1, 0.15) is 0 Å². The fourth-order valence-electron chi connectivity index (χ4n) is 9.27. The molecule has 0 spiro atoms. The topological polar surface area (TPSA) is 14.8 Å². The standard InChI is InChI=1S/C54H35N3/c1-3-14-36(15-4-1)37-16-13-19-41(32-37)56-50-24-11-7-20-43(50)46-33-38(26-29-52(46)56)39-27-30-53-47(34-39)44-21-8-12-25-51(44)57(53)42-28-31-54-48(35-42)45-22-9-10-23-49(45)55(54)40-17-5-2-6-18-40/h1-35H. The highest BCUT2D eigenvalue weighted by Crippen LogP contribution is 2.40. The van der Waals surface area contributed by atoms with Gasteiger partial charge in [0.25, 0.3) is 0 Å². The molecule has 0 atom stereocenters. The zero-order valence-electron chi connectivity index (χ0n) is 31.0. The van der Waals surface area contributed by atoms with Gasteiger partial charge in [0.2, 0.25) is 0 Å². The SMILES string of the molecule is c1ccc(-c2cccc(-n3c4ccccc4c4cc(-c5ccc6c(c5)c5ccccc5n6-c5ccc6c(c5)c5ccccc5n6-c5ccccc5)ccc43)c2)cc1. The normalized spacial score (nSPS) is 11.9. The van der Waals surface area contributed by atoms with Crippen LogP contribution in [0, 0.1) is 0 Å². The van der Waals surface area contributed by atoms with E-state index in [-0.39, 0.29) is 0 Å². The maximum Gasteiger partial charge on any atom is 0.0542 e. The third kappa shape index (κ3) is 4.86. The molecule has 0 radical (unpaired) electrons. The Morgan fingerprint density at radius 2 is 0.561 bits per heavy atom. The minimum absolute atomic E-state index is 1.16. The number of hydrogen-bond acceptors (Lipinski definition) is 0. The Kier molecular flexibility index (Phi) is 6.93. The van der Waals surface area contributed by atoms with Gasteiger partial charge < -0.3 is 13.7 Å². The molecule has 9 aromatic carbocycles. The molecule has 3 aromatic heterocycles. The first-order valence-electron chi connectivity index (χ1n) is 19.6. The molecule has 0 fully saturated rings. The number of aromatic nitrogens is 3. The number of benzene rings is 9. The monoisotopic (exact) mass is 725 g/mol. The Hall–Kier alpha value is -7.62. The van der Waals surface area contributed by atoms with Gasteiger partial charge >= 0.3 is 0 Å². The van der Waals surface area contributed by atoms with E-state index in [0.717, 1.165) is 11.4 Å². The van der Waals surface area contributed by atoms with Crippen molar-refractivity contribution < 1.29 is 0 Å². The van der Waals surface area contributed by atoms with Crippen molar-refractivity contribution in [3.8, 4) is 39.3 Å². The lowest BCUT2D eigenvalue weighted by atomic mass is 10.0. The minimum atomic E-state index is 1.16. The van der Waals surface area contributed by atoms with E-state index < -0.39 is 0 Å². The molecular formula is C54H35N3. The van der Waals surface area contributed by atoms with Crippen molar-refractivity contribution in [2.75, 3.05) is 0 Å². The highest BCUT2D eigenvalue weighted by molar-refractivity contribution is 6.14. The van der Waals surface area contributed by atoms with Gasteiger partial charge in [-0.05, 0) is 107 Å². The van der Waals surface area contributed by atoms with Gasteiger partial charge in [-0.1, -0.05) is 127 Å². The molecule has 3 heterocycles. The molecule has 3 nitrogen and oxygen atoms in total. The lowest BCUT2D eigenvalue weighted by molar-refractivity contribution is 1.17. The average molecular weight is 726 g/mol. The van der Waals surface area contributed by atoms with Gasteiger partial charge in [-0.3, -0.25) is 0 Å². The molecule has 0 saturated carbocycles. The fraction of sp³-hybridized carbons (Fsp3) is 0. The maximum atomic E-state index is 2.43. The van der Waals surface area contributed by atoms with Gasteiger partial charge in [0, 0.05) is 49.4 Å². The summed E-state index contributed by atoms with van der Waals surface area (Å²) in [7, 11) is 0. The molecule has 0 aliphatic rings. The van der Waals surface area contributed by atoms with E-state index in [9.17, 15) is 0 Å². The number of hydrogen-bond donors (Lipinski definition) is 0. The first kappa shape index (κ1) is 31.7. The summed E-state index contributed by atoms with van der Waals surface area (Å²) in [6, 6.07) is 77.4. The summed E-state index contributed by atoms with van der Waals surface area (Å²) in [4.78, 5) is 0. The highest BCUT2D eigenvalue weighted by atomic mass is 15.0. The van der Waals surface area contributed by atoms with Crippen LogP contribution < -0.4 is 0 Å². The van der Waals surface area contributed by atoms with Crippen molar-refractivity contribution >= 4 is 65.4 Å². The Morgan fingerprint density at radius 1 is 0.193 bits per heavy atom. The summed E-state index contributed by atoms with van der Waals surface area (Å²) in [6.07, 6.45) is 0. The molecule has 0 unspecified atom stereocenters. The molecule has 0 N–H and O–H groups in total. The summed E-state index contributed by atoms with van der Waals surface area (Å²) in [6.45, 7) is 0. The van der Waals surface area contributed by atoms with Crippen LogP contribution in [0.5, 0.6) is 0 Å². The molecule has 12 rings (SSSR count). The molecule has 0 aliphatic carbocycles. The first-order chi connectivity index (χ1) is 28.3. The molecule has 0 saturated heterocycles. The van der Waals surface area contributed by atoms with Crippen molar-refractivity contribution in [3.63, 3.8) is 0 Å². The number of nitrogens with zero attached hydrogens (tertiary/aromatic N) is 3. The van der Waals surface area contributed by atoms with Gasteiger partial charge in [0.15, 0.2) is 0 Å². The minimum Gasteiger partial charge on any atom is -0.309 e. The molecule has 266 valence electrons. The van der Waals surface area contributed by atoms with E-state index in [2.05, 4.69) is 226 Å². The van der Waals surface area contributed by atoms with Gasteiger partial charge in [-0.15, -0.1) is 0 Å². The second-order valence-electron chi connectivity index (χ2n) is 15.0. The molecule has 0 bridgehead atoms. The van der Waals surface area contributed by atoms with Crippen LogP contribution in [0.1, 0.15) is 0 Å². The summed E-state index contributed by atoms with van der Waals surface area (Å²) in [5.41, 5.74) is 15.5. The van der Waals surface area contributed by atoms with Crippen LogP contribution in [-0.2, 0) is 0 Å². The second-order valence-corrected chi connectivity index (χ2v) is 15.0. The van der Waals surface area contributed by atoms with Gasteiger partial charge in [-0.2, -0.15) is 0 Å².